The Morgan fingerprint density at radius 3 is 1.79 bits per heavy atom. The molecule has 0 saturated heterocycles. The molecule has 0 amide bonds. The Morgan fingerprint density at radius 2 is 0.943 bits per heavy atom. The minimum absolute atomic E-state index is 0.598. The predicted octanol–water partition coefficient (Wildman–Crippen LogP) is 13.1. The maximum absolute atomic E-state index is 6.72. The van der Waals surface area contributed by atoms with Gasteiger partial charge in [-0.15, -0.1) is 0 Å². The van der Waals surface area contributed by atoms with Gasteiger partial charge in [0.25, 0.3) is 0 Å². The Labute approximate surface area is 304 Å². The van der Waals surface area contributed by atoms with E-state index in [1.165, 1.54) is 32.3 Å². The molecular formula is C49H29N3O. The van der Waals surface area contributed by atoms with Crippen molar-refractivity contribution in [1.82, 2.24) is 15.0 Å². The summed E-state index contributed by atoms with van der Waals surface area (Å²) in [6.45, 7) is 0. The molecule has 0 bridgehead atoms. The summed E-state index contributed by atoms with van der Waals surface area (Å²) in [6.07, 6.45) is 0. The average molecular weight is 676 g/mol. The number of benzene rings is 9. The Bertz CT molecular complexity index is 3220. The first-order valence-electron chi connectivity index (χ1n) is 17.9. The van der Waals surface area contributed by atoms with Crippen molar-refractivity contribution in [3.63, 3.8) is 0 Å². The van der Waals surface area contributed by atoms with Gasteiger partial charge in [0.05, 0.1) is 0 Å². The maximum atomic E-state index is 6.72. The Morgan fingerprint density at radius 1 is 0.321 bits per heavy atom. The number of aromatic nitrogens is 3. The minimum Gasteiger partial charge on any atom is -0.455 e. The van der Waals surface area contributed by atoms with E-state index in [0.29, 0.717) is 17.5 Å². The van der Waals surface area contributed by atoms with Crippen LogP contribution in [0.4, 0.5) is 0 Å². The number of fused-ring (bicyclic) bond motifs is 9. The van der Waals surface area contributed by atoms with Gasteiger partial charge in [0.2, 0.25) is 0 Å². The van der Waals surface area contributed by atoms with Crippen LogP contribution in [0.3, 0.4) is 0 Å². The summed E-state index contributed by atoms with van der Waals surface area (Å²) in [4.78, 5) is 15.7. The Balaban J connectivity index is 1.18. The molecule has 0 N–H and O–H groups in total. The van der Waals surface area contributed by atoms with Crippen LogP contribution in [0.1, 0.15) is 0 Å². The molecule has 0 atom stereocenters. The van der Waals surface area contributed by atoms with Crippen LogP contribution in [0, 0.1) is 0 Å². The van der Waals surface area contributed by atoms with Crippen LogP contribution in [0.25, 0.3) is 110 Å². The first kappa shape index (κ1) is 29.5. The monoisotopic (exact) mass is 675 g/mol. The van der Waals surface area contributed by atoms with Gasteiger partial charge in [0.15, 0.2) is 17.5 Å². The van der Waals surface area contributed by atoms with Gasteiger partial charge in [-0.2, -0.15) is 0 Å². The van der Waals surface area contributed by atoms with Crippen molar-refractivity contribution in [2.45, 2.75) is 0 Å². The molecule has 2 aromatic heterocycles. The fourth-order valence-electron chi connectivity index (χ4n) is 8.01. The third-order valence-electron chi connectivity index (χ3n) is 10.5. The van der Waals surface area contributed by atoms with E-state index in [-0.39, 0.29) is 0 Å². The number of hydrogen-bond acceptors (Lipinski definition) is 4. The molecule has 0 spiro atoms. The van der Waals surface area contributed by atoms with Crippen molar-refractivity contribution in [1.29, 1.82) is 0 Å². The first-order valence-corrected chi connectivity index (χ1v) is 17.9. The van der Waals surface area contributed by atoms with Crippen LogP contribution in [0.2, 0.25) is 0 Å². The van der Waals surface area contributed by atoms with E-state index in [9.17, 15) is 0 Å². The van der Waals surface area contributed by atoms with E-state index >= 15 is 0 Å². The molecule has 0 aliphatic carbocycles. The number of hydrogen-bond donors (Lipinski definition) is 0. The summed E-state index contributed by atoms with van der Waals surface area (Å²) in [5.74, 6) is 1.84. The minimum atomic E-state index is 0.598. The number of rotatable bonds is 4. The fraction of sp³-hybridized carbons (Fsp3) is 0. The molecule has 4 heteroatoms. The van der Waals surface area contributed by atoms with E-state index < -0.39 is 0 Å². The van der Waals surface area contributed by atoms with Crippen molar-refractivity contribution in [3.8, 4) is 45.3 Å². The highest BCUT2D eigenvalue weighted by molar-refractivity contribution is 6.24. The molecule has 246 valence electrons. The van der Waals surface area contributed by atoms with Gasteiger partial charge in [-0.05, 0) is 66.9 Å². The van der Waals surface area contributed by atoms with Crippen molar-refractivity contribution >= 4 is 65.0 Å². The fourth-order valence-corrected chi connectivity index (χ4v) is 8.01. The van der Waals surface area contributed by atoms with Gasteiger partial charge in [0, 0.05) is 33.0 Å². The number of furan rings is 1. The van der Waals surface area contributed by atoms with Crippen LogP contribution in [0.5, 0.6) is 0 Å². The number of para-hydroxylation sites is 1. The van der Waals surface area contributed by atoms with Crippen molar-refractivity contribution in [3.05, 3.63) is 176 Å². The largest absolute Gasteiger partial charge is 0.455 e. The van der Waals surface area contributed by atoms with E-state index in [2.05, 4.69) is 146 Å². The van der Waals surface area contributed by atoms with Gasteiger partial charge in [-0.25, -0.2) is 15.0 Å². The van der Waals surface area contributed by atoms with Crippen LogP contribution in [0.15, 0.2) is 180 Å². The summed E-state index contributed by atoms with van der Waals surface area (Å²) < 4.78 is 6.72. The maximum Gasteiger partial charge on any atom is 0.164 e. The summed E-state index contributed by atoms with van der Waals surface area (Å²) in [5.41, 5.74) is 6.58. The second kappa shape index (κ2) is 11.7. The molecule has 53 heavy (non-hydrogen) atoms. The highest BCUT2D eigenvalue weighted by Gasteiger charge is 2.21. The van der Waals surface area contributed by atoms with Gasteiger partial charge in [-0.3, -0.25) is 0 Å². The predicted molar refractivity (Wildman–Crippen MR) is 219 cm³/mol. The summed E-state index contributed by atoms with van der Waals surface area (Å²) >= 11 is 0. The molecule has 0 saturated carbocycles. The molecule has 0 radical (unpaired) electrons. The molecule has 0 fully saturated rings. The van der Waals surface area contributed by atoms with Crippen LogP contribution in [-0.4, -0.2) is 15.0 Å². The highest BCUT2D eigenvalue weighted by atomic mass is 16.3. The second-order valence-corrected chi connectivity index (χ2v) is 13.6. The van der Waals surface area contributed by atoms with E-state index in [1.807, 2.05) is 30.3 Å². The Kier molecular flexibility index (Phi) is 6.52. The lowest BCUT2D eigenvalue weighted by Crippen LogP contribution is -2.01. The lowest BCUT2D eigenvalue weighted by molar-refractivity contribution is 0.670. The summed E-state index contributed by atoms with van der Waals surface area (Å²) in [6, 6.07) is 61.5. The van der Waals surface area contributed by atoms with Crippen molar-refractivity contribution < 1.29 is 4.42 Å². The van der Waals surface area contributed by atoms with Gasteiger partial charge >= 0.3 is 0 Å². The topological polar surface area (TPSA) is 51.8 Å². The van der Waals surface area contributed by atoms with Crippen molar-refractivity contribution in [2.75, 3.05) is 0 Å². The summed E-state index contributed by atoms with van der Waals surface area (Å²) in [5, 5.41) is 11.5. The SMILES string of the molecule is c1ccc(-c2nc(-c3cc4ccccc4c4c3ccc3ccccc34)nc(-c3cccc4oc5c(-c6ccc7ccccc7c6)cccc5c34)n2)cc1. The van der Waals surface area contributed by atoms with Gasteiger partial charge in [0.1, 0.15) is 11.2 Å². The molecule has 0 aliphatic rings. The third kappa shape index (κ3) is 4.73. The van der Waals surface area contributed by atoms with E-state index in [1.54, 1.807) is 0 Å². The van der Waals surface area contributed by atoms with E-state index in [0.717, 1.165) is 60.5 Å². The molecule has 9 aromatic carbocycles. The Hall–Kier alpha value is -7.17. The standard InChI is InChI=1S/C49H29N3O/c1-2-14-32(15-3-1)47-50-48(52-49(51-47)42-29-34-17-7-9-19-37(34)44-36-18-8-6-13-31(36)26-27-39(42)44)41-22-11-23-43-45(41)40-21-10-20-38(46(40)53-43)35-25-24-30-12-4-5-16-33(30)28-35/h1-29H. The quantitative estimate of drug-likeness (QED) is 0.174. The lowest BCUT2D eigenvalue weighted by Gasteiger charge is -2.14. The zero-order valence-corrected chi connectivity index (χ0v) is 28.5. The normalized spacial score (nSPS) is 11.8. The molecule has 0 unspecified atom stereocenters. The third-order valence-corrected chi connectivity index (χ3v) is 10.5. The van der Waals surface area contributed by atoms with E-state index in [4.69, 9.17) is 19.4 Å². The lowest BCUT2D eigenvalue weighted by atomic mass is 9.92. The second-order valence-electron chi connectivity index (χ2n) is 13.6. The molecule has 11 aromatic rings. The summed E-state index contributed by atoms with van der Waals surface area (Å²) in [7, 11) is 0. The van der Waals surface area contributed by atoms with Gasteiger partial charge in [-0.1, -0.05) is 158 Å². The molecular weight excluding hydrogens is 647 g/mol. The van der Waals surface area contributed by atoms with Crippen molar-refractivity contribution in [2.24, 2.45) is 0 Å². The molecule has 0 aliphatic heterocycles. The van der Waals surface area contributed by atoms with Crippen LogP contribution < -0.4 is 0 Å². The smallest absolute Gasteiger partial charge is 0.164 e. The molecule has 11 rings (SSSR count). The average Bonchev–Trinajstić information content (AvgIpc) is 3.62. The highest BCUT2D eigenvalue weighted by Crippen LogP contribution is 2.42. The van der Waals surface area contributed by atoms with Crippen LogP contribution in [-0.2, 0) is 0 Å². The van der Waals surface area contributed by atoms with Crippen LogP contribution >= 0.6 is 0 Å². The molecule has 2 heterocycles. The van der Waals surface area contributed by atoms with Gasteiger partial charge < -0.3 is 4.42 Å². The zero-order chi connectivity index (χ0) is 34.9. The number of nitrogens with zero attached hydrogens (tertiary/aromatic N) is 3. The zero-order valence-electron chi connectivity index (χ0n) is 28.5. The molecule has 4 nitrogen and oxygen atoms in total. The first-order chi connectivity index (χ1) is 26.3.